The van der Waals surface area contributed by atoms with Crippen LogP contribution in [-0.2, 0) is 54.4 Å². The molecule has 9 amide bonds. The minimum Gasteiger partial charge on any atom is -0.480 e. The minimum absolute atomic E-state index is 0.0450. The number of fused-ring (bicyclic) bond motifs is 1. The summed E-state index contributed by atoms with van der Waals surface area (Å²) in [6.45, 7) is 15.1. The summed E-state index contributed by atoms with van der Waals surface area (Å²) >= 11 is 1.39. The summed E-state index contributed by atoms with van der Waals surface area (Å²) in [4.78, 5) is 146. The van der Waals surface area contributed by atoms with Crippen molar-refractivity contribution in [1.82, 2.24) is 52.4 Å². The standard InChI is InChI=1S/C55H90N14O12S/c1-11-29(5)42(51(77)67-43(54(80)81)30(6)12-2)66-47(73)38(21-24-82-10)63-46(72)37(19-15-22-59-55(57)58)62-45(71)32(8)61-48(74)40(26-34-27-60-36-18-14-13-17-35(34)36)64-49(75)39(25-28(3)4)65-52(78)44(33(9)70)68-50(76)41-20-16-23-69(41)53(79)31(7)56/h13-14,17-18,27-33,37-44,60,70H,11-12,15-16,19-26,56H2,1-10H3,(H,61,74)(H,62,71)(H,63,72)(H,64,75)(H,65,78)(H,66,73)(H,67,77)(H,68,76)(H,80,81)(H4,57,58,59)/t29-,30-,31-,32-,33+,37-,38-,39-,40-,41-,42-,43-,44-/m0/s1. The fourth-order valence-corrected chi connectivity index (χ4v) is 9.76. The Hall–Kier alpha value is -7.00. The van der Waals surface area contributed by atoms with Crippen molar-refractivity contribution in [3.05, 3.63) is 36.0 Å². The van der Waals surface area contributed by atoms with E-state index in [1.807, 2.05) is 18.2 Å². The van der Waals surface area contributed by atoms with Crippen LogP contribution in [0.15, 0.2) is 35.5 Å². The average Bonchev–Trinajstić information content (AvgIpc) is 4.16. The number of rotatable bonds is 34. The number of nitrogens with one attached hydrogen (secondary N) is 9. The first-order chi connectivity index (χ1) is 38.6. The molecule has 1 aliphatic heterocycles. The molecule has 458 valence electrons. The Kier molecular flexibility index (Phi) is 28.6. The second-order valence-corrected chi connectivity index (χ2v) is 22.7. The van der Waals surface area contributed by atoms with E-state index >= 15 is 0 Å². The highest BCUT2D eigenvalue weighted by Crippen LogP contribution is 2.22. The topological polar surface area (TPSA) is 417 Å². The number of hydrogen-bond acceptors (Lipinski definition) is 14. The molecule has 2 heterocycles. The Balaban J connectivity index is 1.92. The Morgan fingerprint density at radius 1 is 0.707 bits per heavy atom. The van der Waals surface area contributed by atoms with Crippen molar-refractivity contribution >= 4 is 87.8 Å². The summed E-state index contributed by atoms with van der Waals surface area (Å²) in [5.41, 5.74) is 18.3. The molecule has 17 N–H and O–H groups in total. The van der Waals surface area contributed by atoms with Gasteiger partial charge in [-0.15, -0.1) is 0 Å². The molecule has 26 nitrogen and oxygen atoms in total. The van der Waals surface area contributed by atoms with Crippen LogP contribution < -0.4 is 59.7 Å². The summed E-state index contributed by atoms with van der Waals surface area (Å²) in [5.74, 6) is -8.85. The Labute approximate surface area is 484 Å². The number of aliphatic imine (C=N–C) groups is 1. The molecule has 0 spiro atoms. The number of aliphatic hydroxyl groups excluding tert-OH is 1. The van der Waals surface area contributed by atoms with Crippen LogP contribution in [0, 0.1) is 17.8 Å². The number of carboxylic acids is 1. The lowest BCUT2D eigenvalue weighted by atomic mass is 9.95. The summed E-state index contributed by atoms with van der Waals surface area (Å²) < 4.78 is 0. The van der Waals surface area contributed by atoms with Gasteiger partial charge in [0.1, 0.15) is 54.4 Å². The van der Waals surface area contributed by atoms with Gasteiger partial charge in [-0.2, -0.15) is 11.8 Å². The highest BCUT2D eigenvalue weighted by atomic mass is 32.2. The summed E-state index contributed by atoms with van der Waals surface area (Å²) in [7, 11) is 0. The monoisotopic (exact) mass is 1170 g/mol. The molecule has 0 unspecified atom stereocenters. The van der Waals surface area contributed by atoms with Gasteiger partial charge in [0.2, 0.25) is 53.2 Å². The van der Waals surface area contributed by atoms with Gasteiger partial charge in [0.05, 0.1) is 12.1 Å². The SMILES string of the molecule is CC[C@H](C)[C@H](NC(=O)[C@@H](NC(=O)[C@H](CCSC)NC(=O)[C@H](CCCN=C(N)N)NC(=O)[C@H](C)NC(=O)[C@H](Cc1c[nH]c2ccccc12)NC(=O)[C@H](CC(C)C)NC(=O)[C@@H](NC(=O)[C@@H]1CCCN1C(=O)[C@H](C)N)[C@@H](C)O)[C@@H](C)CC)C(=O)O. The Morgan fingerprint density at radius 2 is 1.26 bits per heavy atom. The lowest BCUT2D eigenvalue weighted by Gasteiger charge is -2.30. The van der Waals surface area contributed by atoms with Crippen LogP contribution in [0.25, 0.3) is 10.9 Å². The summed E-state index contributed by atoms with van der Waals surface area (Å²) in [5, 5.41) is 42.7. The number of aromatic nitrogens is 1. The van der Waals surface area contributed by atoms with Crippen molar-refractivity contribution in [3.63, 3.8) is 0 Å². The lowest BCUT2D eigenvalue weighted by Crippen LogP contribution is -2.61. The van der Waals surface area contributed by atoms with Crippen molar-refractivity contribution in [2.45, 2.75) is 187 Å². The Bertz CT molecular complexity index is 2540. The van der Waals surface area contributed by atoms with Crippen molar-refractivity contribution in [2.24, 2.45) is 39.9 Å². The third-order valence-corrected chi connectivity index (χ3v) is 15.2. The molecule has 1 aromatic heterocycles. The van der Waals surface area contributed by atoms with E-state index < -0.39 is 137 Å². The predicted molar refractivity (Wildman–Crippen MR) is 312 cm³/mol. The van der Waals surface area contributed by atoms with Gasteiger partial charge < -0.3 is 79.8 Å². The van der Waals surface area contributed by atoms with Gasteiger partial charge in [-0.25, -0.2) is 4.79 Å². The number of likely N-dealkylation sites (tertiary alicyclic amines) is 1. The molecule has 1 aliphatic rings. The number of para-hydroxylation sites is 1. The molecule has 2 aromatic rings. The van der Waals surface area contributed by atoms with Gasteiger partial charge in [0.25, 0.3) is 0 Å². The first kappa shape index (κ1) is 69.3. The number of aliphatic carboxylic acids is 1. The molecule has 0 saturated carbocycles. The molecule has 13 atom stereocenters. The van der Waals surface area contributed by atoms with Crippen molar-refractivity contribution in [3.8, 4) is 0 Å². The smallest absolute Gasteiger partial charge is 0.326 e. The van der Waals surface area contributed by atoms with E-state index in [0.29, 0.717) is 37.0 Å². The number of benzene rings is 1. The van der Waals surface area contributed by atoms with E-state index in [9.17, 15) is 58.2 Å². The third-order valence-electron chi connectivity index (χ3n) is 14.5. The van der Waals surface area contributed by atoms with Gasteiger partial charge in [-0.1, -0.05) is 72.6 Å². The van der Waals surface area contributed by atoms with E-state index in [-0.39, 0.29) is 57.1 Å². The van der Waals surface area contributed by atoms with E-state index in [4.69, 9.17) is 17.2 Å². The molecule has 3 rings (SSSR count). The number of aromatic amines is 1. The molecular weight excluding hydrogens is 1080 g/mol. The fraction of sp³-hybridized carbons (Fsp3) is 0.655. The lowest BCUT2D eigenvalue weighted by molar-refractivity contribution is -0.144. The van der Waals surface area contributed by atoms with E-state index in [2.05, 4.69) is 52.5 Å². The van der Waals surface area contributed by atoms with Crippen LogP contribution in [0.4, 0.5) is 0 Å². The molecule has 1 saturated heterocycles. The number of guanidine groups is 1. The molecular formula is C55H90N14O12S. The normalized spacial score (nSPS) is 17.6. The number of carbonyl (C=O) groups is 10. The Morgan fingerprint density at radius 3 is 1.85 bits per heavy atom. The van der Waals surface area contributed by atoms with Gasteiger partial charge in [-0.05, 0) is 101 Å². The van der Waals surface area contributed by atoms with Crippen LogP contribution in [0.2, 0.25) is 0 Å². The van der Waals surface area contributed by atoms with Gasteiger partial charge in [0.15, 0.2) is 5.96 Å². The van der Waals surface area contributed by atoms with Crippen LogP contribution in [0.1, 0.15) is 119 Å². The quantitative estimate of drug-likeness (QED) is 0.0235. The minimum atomic E-state index is -1.56. The third kappa shape index (κ3) is 21.1. The average molecular weight is 1170 g/mol. The zero-order chi connectivity index (χ0) is 61.5. The van der Waals surface area contributed by atoms with E-state index in [1.165, 1.54) is 37.4 Å². The molecule has 0 bridgehead atoms. The van der Waals surface area contributed by atoms with E-state index in [0.717, 1.165) is 10.9 Å². The zero-order valence-corrected chi connectivity index (χ0v) is 49.8. The molecule has 0 radical (unpaired) electrons. The first-order valence-electron chi connectivity index (χ1n) is 28.1. The van der Waals surface area contributed by atoms with Crippen molar-refractivity contribution in [1.29, 1.82) is 0 Å². The van der Waals surface area contributed by atoms with Crippen LogP contribution >= 0.6 is 11.8 Å². The number of amides is 9. The highest BCUT2D eigenvalue weighted by Gasteiger charge is 2.40. The number of hydrogen-bond donors (Lipinski definition) is 14. The van der Waals surface area contributed by atoms with Crippen LogP contribution in [-0.4, -0.2) is 177 Å². The van der Waals surface area contributed by atoms with Gasteiger partial charge in [0, 0.05) is 36.6 Å². The second kappa shape index (κ2) is 33.8. The van der Waals surface area contributed by atoms with E-state index in [1.54, 1.807) is 60.1 Å². The highest BCUT2D eigenvalue weighted by molar-refractivity contribution is 7.98. The first-order valence-corrected chi connectivity index (χ1v) is 29.5. The van der Waals surface area contributed by atoms with Crippen molar-refractivity contribution in [2.75, 3.05) is 25.1 Å². The van der Waals surface area contributed by atoms with Gasteiger partial charge in [-0.3, -0.25) is 48.1 Å². The van der Waals surface area contributed by atoms with Crippen LogP contribution in [0.3, 0.4) is 0 Å². The number of carbonyl (C=O) groups excluding carboxylic acids is 9. The maximum Gasteiger partial charge on any atom is 0.326 e. The fourth-order valence-electron chi connectivity index (χ4n) is 9.29. The number of thioether (sulfide) groups is 1. The van der Waals surface area contributed by atoms with Crippen molar-refractivity contribution < 1.29 is 58.2 Å². The van der Waals surface area contributed by atoms with Gasteiger partial charge >= 0.3 is 5.97 Å². The second-order valence-electron chi connectivity index (χ2n) is 21.7. The number of aliphatic hydroxyl groups is 1. The summed E-state index contributed by atoms with van der Waals surface area (Å²) in [6.07, 6.45) is 3.87. The number of H-pyrrole nitrogens is 1. The maximum atomic E-state index is 14.5. The number of nitrogens with zero attached hydrogens (tertiary/aromatic N) is 2. The van der Waals surface area contributed by atoms with Crippen LogP contribution in [0.5, 0.6) is 0 Å². The zero-order valence-electron chi connectivity index (χ0n) is 49.0. The molecule has 1 aromatic carbocycles. The summed E-state index contributed by atoms with van der Waals surface area (Å²) in [6, 6.07) is -5.15. The molecule has 27 heteroatoms. The molecule has 0 aliphatic carbocycles. The number of nitrogens with two attached hydrogens (primary N) is 3. The maximum absolute atomic E-state index is 14.5. The largest absolute Gasteiger partial charge is 0.480 e. The molecule has 82 heavy (non-hydrogen) atoms. The molecule has 1 fully saturated rings. The number of carboxylic acid groups (broad SMARTS) is 1. The predicted octanol–water partition coefficient (Wildman–Crippen LogP) is -0.643.